The molecule has 1 saturated heterocycles. The van der Waals surface area contributed by atoms with Crippen LogP contribution in [0.4, 0.5) is 0 Å². The Morgan fingerprint density at radius 1 is 1.13 bits per heavy atom. The highest BCUT2D eigenvalue weighted by Gasteiger charge is 2.59. The largest absolute Gasteiger partial charge is 0.406 e. The van der Waals surface area contributed by atoms with E-state index in [2.05, 4.69) is 5.09 Å². The predicted molar refractivity (Wildman–Crippen MR) is 122 cm³/mol. The Hall–Kier alpha value is -0.230. The van der Waals surface area contributed by atoms with Gasteiger partial charge in [-0.3, -0.25) is 18.1 Å². The Bertz CT molecular complexity index is 831. The Labute approximate surface area is 190 Å². The van der Waals surface area contributed by atoms with Crippen LogP contribution in [0, 0.1) is 5.41 Å². The van der Waals surface area contributed by atoms with Crippen molar-refractivity contribution in [3.05, 3.63) is 34.9 Å². The zero-order valence-electron chi connectivity index (χ0n) is 18.8. The first kappa shape index (κ1) is 25.4. The topological polar surface area (TPSA) is 83.1 Å². The Balaban J connectivity index is 1.99. The van der Waals surface area contributed by atoms with E-state index < -0.39 is 32.1 Å². The van der Waals surface area contributed by atoms with Crippen molar-refractivity contribution >= 4 is 26.9 Å². The molecule has 2 fully saturated rings. The lowest BCUT2D eigenvalue weighted by Crippen LogP contribution is -2.49. The van der Waals surface area contributed by atoms with Crippen LogP contribution < -0.4 is 5.09 Å². The zero-order chi connectivity index (χ0) is 22.8. The maximum atomic E-state index is 14.4. The molecule has 1 heterocycles. The number of hydrogen-bond donors (Lipinski definition) is 1. The first-order valence-corrected chi connectivity index (χ1v) is 14.4. The van der Waals surface area contributed by atoms with E-state index in [4.69, 9.17) is 29.7 Å². The van der Waals surface area contributed by atoms with E-state index in [1.165, 1.54) is 0 Å². The van der Waals surface area contributed by atoms with Crippen LogP contribution in [0.25, 0.3) is 0 Å². The maximum Gasteiger partial charge on any atom is 0.406 e. The first-order chi connectivity index (χ1) is 14.6. The van der Waals surface area contributed by atoms with Gasteiger partial charge in [-0.25, -0.2) is 9.65 Å². The second kappa shape index (κ2) is 9.95. The highest BCUT2D eigenvalue weighted by Crippen LogP contribution is 2.72. The molecule has 0 aromatic heterocycles. The van der Waals surface area contributed by atoms with Gasteiger partial charge in [0.1, 0.15) is 5.28 Å². The summed E-state index contributed by atoms with van der Waals surface area (Å²) in [4.78, 5) is 0. The van der Waals surface area contributed by atoms with Gasteiger partial charge in [0.15, 0.2) is 0 Å². The fourth-order valence-corrected chi connectivity index (χ4v) is 9.45. The summed E-state index contributed by atoms with van der Waals surface area (Å²) < 4.78 is 51.1. The normalized spacial score (nSPS) is 28.4. The van der Waals surface area contributed by atoms with Crippen LogP contribution in [0.1, 0.15) is 71.5 Å². The van der Waals surface area contributed by atoms with Gasteiger partial charge in [0.25, 0.3) is 0 Å². The number of benzene rings is 1. The molecule has 0 amide bonds. The third kappa shape index (κ3) is 5.47. The van der Waals surface area contributed by atoms with Gasteiger partial charge in [-0.1, -0.05) is 56.8 Å². The molecule has 1 N–H and O–H groups in total. The highest BCUT2D eigenvalue weighted by molar-refractivity contribution is 7.58. The molecule has 176 valence electrons. The van der Waals surface area contributed by atoms with Crippen molar-refractivity contribution in [2.45, 2.75) is 71.2 Å². The Morgan fingerprint density at radius 3 is 2.26 bits per heavy atom. The third-order valence-corrected chi connectivity index (χ3v) is 10.8. The number of hydrogen-bond acceptors (Lipinski definition) is 6. The van der Waals surface area contributed by atoms with Gasteiger partial charge in [0, 0.05) is 10.4 Å². The van der Waals surface area contributed by atoms with Crippen molar-refractivity contribution in [1.29, 1.82) is 0 Å². The monoisotopic (exact) mass is 493 g/mol. The SMILES string of the molecule is CCOP(=O)(NC1(P2(=O)OCC(C)(C)C(c3ccc(Cl)cc3)O2)CCCCC1)OCC. The summed E-state index contributed by atoms with van der Waals surface area (Å²) in [6, 6.07) is 7.36. The van der Waals surface area contributed by atoms with Crippen molar-refractivity contribution in [3.63, 3.8) is 0 Å². The summed E-state index contributed by atoms with van der Waals surface area (Å²) in [6.07, 6.45) is 3.17. The van der Waals surface area contributed by atoms with E-state index in [1.807, 2.05) is 26.0 Å². The van der Waals surface area contributed by atoms with E-state index in [-0.39, 0.29) is 19.8 Å². The summed E-state index contributed by atoms with van der Waals surface area (Å²) in [6.45, 7) is 8.17. The van der Waals surface area contributed by atoms with E-state index in [0.29, 0.717) is 17.9 Å². The lowest BCUT2D eigenvalue weighted by molar-refractivity contribution is -0.0369. The molecule has 31 heavy (non-hydrogen) atoms. The molecule has 0 spiro atoms. The molecule has 0 bridgehead atoms. The first-order valence-electron chi connectivity index (χ1n) is 11.0. The fourth-order valence-electron chi connectivity index (χ4n) is 4.29. The molecule has 1 saturated carbocycles. The molecular formula is C21H34ClNO6P2. The van der Waals surface area contributed by atoms with Crippen LogP contribution in [0.15, 0.2) is 24.3 Å². The molecule has 0 radical (unpaired) electrons. The van der Waals surface area contributed by atoms with Crippen molar-refractivity contribution in [2.75, 3.05) is 19.8 Å². The van der Waals surface area contributed by atoms with Crippen molar-refractivity contribution in [3.8, 4) is 0 Å². The lowest BCUT2D eigenvalue weighted by Gasteiger charge is -2.50. The summed E-state index contributed by atoms with van der Waals surface area (Å²) >= 11 is 6.06. The number of rotatable bonds is 8. The summed E-state index contributed by atoms with van der Waals surface area (Å²) in [5.41, 5.74) is 0.461. The molecule has 3 rings (SSSR count). The minimum Gasteiger partial charge on any atom is -0.307 e. The van der Waals surface area contributed by atoms with Crippen LogP contribution in [-0.2, 0) is 27.2 Å². The minimum atomic E-state index is -3.75. The second-order valence-corrected chi connectivity index (χ2v) is 13.3. The summed E-state index contributed by atoms with van der Waals surface area (Å²) in [5, 5.41) is 2.53. The fraction of sp³-hybridized carbons (Fsp3) is 0.714. The van der Waals surface area contributed by atoms with E-state index in [9.17, 15) is 9.13 Å². The van der Waals surface area contributed by atoms with E-state index >= 15 is 0 Å². The zero-order valence-corrected chi connectivity index (χ0v) is 21.3. The van der Waals surface area contributed by atoms with E-state index in [0.717, 1.165) is 24.8 Å². The predicted octanol–water partition coefficient (Wildman–Crippen LogP) is 7.08. The van der Waals surface area contributed by atoms with Gasteiger partial charge in [0.2, 0.25) is 0 Å². The molecule has 1 aromatic carbocycles. The molecule has 1 aromatic rings. The van der Waals surface area contributed by atoms with Crippen LogP contribution in [0.2, 0.25) is 5.02 Å². The van der Waals surface area contributed by atoms with Gasteiger partial charge >= 0.3 is 15.3 Å². The molecule has 2 atom stereocenters. The average molecular weight is 494 g/mol. The lowest BCUT2D eigenvalue weighted by atomic mass is 9.83. The molecule has 1 aliphatic heterocycles. The van der Waals surface area contributed by atoms with Crippen LogP contribution in [0.5, 0.6) is 0 Å². The molecular weight excluding hydrogens is 460 g/mol. The van der Waals surface area contributed by atoms with Crippen molar-refractivity contribution in [1.82, 2.24) is 5.09 Å². The Kier molecular flexibility index (Phi) is 8.15. The van der Waals surface area contributed by atoms with Crippen molar-refractivity contribution < 1.29 is 27.2 Å². The van der Waals surface area contributed by atoms with Gasteiger partial charge < -0.3 is 4.52 Å². The average Bonchev–Trinajstić information content (AvgIpc) is 2.71. The highest BCUT2D eigenvalue weighted by atomic mass is 35.5. The number of nitrogens with one attached hydrogen (secondary N) is 1. The number of halogens is 1. The van der Waals surface area contributed by atoms with Crippen LogP contribution >= 0.6 is 26.9 Å². The summed E-state index contributed by atoms with van der Waals surface area (Å²) in [5.74, 6) is 0. The molecule has 1 aliphatic carbocycles. The van der Waals surface area contributed by atoms with Crippen LogP contribution in [0.3, 0.4) is 0 Å². The quantitative estimate of drug-likeness (QED) is 0.387. The summed E-state index contributed by atoms with van der Waals surface area (Å²) in [7, 11) is -7.45. The molecule has 2 aliphatic rings. The minimum absolute atomic E-state index is 0.201. The van der Waals surface area contributed by atoms with E-state index in [1.54, 1.807) is 26.0 Å². The standard InChI is InChI=1S/C21H34ClNO6P2/c1-5-26-31(25,27-6-2)23-21(14-8-7-9-15-21)30(24)28-16-20(3,4)19(29-30)17-10-12-18(22)13-11-17/h10-13,19H,5-9,14-16H2,1-4H3,(H,23,25). The Morgan fingerprint density at radius 2 is 1.71 bits per heavy atom. The van der Waals surface area contributed by atoms with Gasteiger partial charge in [-0.15, -0.1) is 0 Å². The molecule has 10 heteroatoms. The van der Waals surface area contributed by atoms with Gasteiger partial charge in [-0.2, -0.15) is 0 Å². The van der Waals surface area contributed by atoms with Gasteiger partial charge in [-0.05, 0) is 44.4 Å². The van der Waals surface area contributed by atoms with Crippen LogP contribution in [-0.4, -0.2) is 25.1 Å². The molecule has 7 nitrogen and oxygen atoms in total. The third-order valence-electron chi connectivity index (χ3n) is 5.88. The van der Waals surface area contributed by atoms with Crippen molar-refractivity contribution in [2.24, 2.45) is 5.41 Å². The maximum absolute atomic E-state index is 14.4. The van der Waals surface area contributed by atoms with Gasteiger partial charge in [0.05, 0.1) is 25.9 Å². The second-order valence-electron chi connectivity index (χ2n) is 8.83. The smallest absolute Gasteiger partial charge is 0.307 e. The molecule has 2 unspecified atom stereocenters.